The van der Waals surface area contributed by atoms with Crippen molar-refractivity contribution in [2.45, 2.75) is 18.7 Å². The molecule has 2 atom stereocenters. The van der Waals surface area contributed by atoms with Crippen LogP contribution >= 0.6 is 21.6 Å². The lowest BCUT2D eigenvalue weighted by Crippen LogP contribution is -2.47. The number of carbonyl (C=O) groups excluding carboxylic acids is 1. The van der Waals surface area contributed by atoms with Gasteiger partial charge in [0.25, 0.3) is 0 Å². The van der Waals surface area contributed by atoms with Gasteiger partial charge < -0.3 is 21.3 Å². The SMILES string of the molecule is C=CCSSCC(O)NC(=O)[C@@H](N)Cc1ccc(O)cc1. The minimum absolute atomic E-state index is 0.168. The molecule has 0 aliphatic carbocycles. The first kappa shape index (κ1) is 17.9. The number of amides is 1. The van der Waals surface area contributed by atoms with Crippen LogP contribution in [0.2, 0.25) is 0 Å². The number of hydrogen-bond acceptors (Lipinski definition) is 6. The molecule has 0 aliphatic rings. The maximum atomic E-state index is 11.8. The zero-order chi connectivity index (χ0) is 15.7. The van der Waals surface area contributed by atoms with E-state index in [2.05, 4.69) is 11.9 Å². The van der Waals surface area contributed by atoms with Gasteiger partial charge >= 0.3 is 0 Å². The van der Waals surface area contributed by atoms with Gasteiger partial charge in [-0.15, -0.1) is 6.58 Å². The van der Waals surface area contributed by atoms with E-state index in [-0.39, 0.29) is 5.75 Å². The smallest absolute Gasteiger partial charge is 0.239 e. The molecular formula is C14H20N2O3S2. The van der Waals surface area contributed by atoms with Crippen molar-refractivity contribution in [1.29, 1.82) is 0 Å². The van der Waals surface area contributed by atoms with Crippen molar-refractivity contribution in [3.05, 3.63) is 42.5 Å². The van der Waals surface area contributed by atoms with Gasteiger partial charge in [-0.25, -0.2) is 0 Å². The fourth-order valence-corrected chi connectivity index (χ4v) is 3.25. The summed E-state index contributed by atoms with van der Waals surface area (Å²) in [5.74, 6) is 0.938. The summed E-state index contributed by atoms with van der Waals surface area (Å²) >= 11 is 0. The van der Waals surface area contributed by atoms with Crippen molar-refractivity contribution in [3.8, 4) is 5.75 Å². The third kappa shape index (κ3) is 7.42. The van der Waals surface area contributed by atoms with E-state index in [1.165, 1.54) is 10.8 Å². The Morgan fingerprint density at radius 1 is 1.38 bits per heavy atom. The molecule has 1 aromatic rings. The molecule has 1 aromatic carbocycles. The molecule has 5 nitrogen and oxygen atoms in total. The van der Waals surface area contributed by atoms with Crippen LogP contribution in [0.5, 0.6) is 5.75 Å². The zero-order valence-electron chi connectivity index (χ0n) is 11.6. The average Bonchev–Trinajstić information content (AvgIpc) is 2.46. The summed E-state index contributed by atoms with van der Waals surface area (Å²) in [7, 11) is 3.01. The fraction of sp³-hybridized carbons (Fsp3) is 0.357. The molecule has 5 N–H and O–H groups in total. The quantitative estimate of drug-likeness (QED) is 0.236. The van der Waals surface area contributed by atoms with Crippen molar-refractivity contribution < 1.29 is 15.0 Å². The first-order chi connectivity index (χ1) is 10.0. The molecule has 116 valence electrons. The Balaban J connectivity index is 2.33. The number of aliphatic hydroxyl groups excluding tert-OH is 1. The summed E-state index contributed by atoms with van der Waals surface area (Å²) in [6, 6.07) is 5.77. The predicted octanol–water partition coefficient (Wildman–Crippen LogP) is 1.26. The molecule has 0 heterocycles. The third-order valence-electron chi connectivity index (χ3n) is 2.53. The fourth-order valence-electron chi connectivity index (χ4n) is 1.50. The Morgan fingerprint density at radius 3 is 2.67 bits per heavy atom. The summed E-state index contributed by atoms with van der Waals surface area (Å²) < 4.78 is 0. The van der Waals surface area contributed by atoms with Gasteiger partial charge in [0.1, 0.15) is 12.0 Å². The summed E-state index contributed by atoms with van der Waals surface area (Å²) in [5.41, 5.74) is 6.65. The Labute approximate surface area is 132 Å². The number of benzene rings is 1. The van der Waals surface area contributed by atoms with Crippen molar-refractivity contribution in [3.63, 3.8) is 0 Å². The van der Waals surface area contributed by atoms with E-state index in [9.17, 15) is 15.0 Å². The van der Waals surface area contributed by atoms with Gasteiger partial charge in [-0.1, -0.05) is 39.8 Å². The topological polar surface area (TPSA) is 95.6 Å². The molecule has 0 bridgehead atoms. The predicted molar refractivity (Wildman–Crippen MR) is 89.0 cm³/mol. The van der Waals surface area contributed by atoms with E-state index in [0.717, 1.165) is 11.3 Å². The number of phenolic OH excluding ortho intramolecular Hbond substituents is 1. The molecule has 0 aromatic heterocycles. The normalized spacial score (nSPS) is 13.4. The minimum atomic E-state index is -0.925. The maximum Gasteiger partial charge on any atom is 0.239 e. The lowest BCUT2D eigenvalue weighted by atomic mass is 10.1. The second kappa shape index (κ2) is 9.73. The van der Waals surface area contributed by atoms with E-state index >= 15 is 0 Å². The van der Waals surface area contributed by atoms with Gasteiger partial charge in [-0.05, 0) is 24.1 Å². The van der Waals surface area contributed by atoms with Crippen LogP contribution in [0.15, 0.2) is 36.9 Å². The van der Waals surface area contributed by atoms with E-state index in [1.807, 2.05) is 0 Å². The second-order valence-electron chi connectivity index (χ2n) is 4.36. The molecule has 21 heavy (non-hydrogen) atoms. The Hall–Kier alpha value is -1.15. The monoisotopic (exact) mass is 328 g/mol. The summed E-state index contributed by atoms with van der Waals surface area (Å²) in [6.45, 7) is 3.60. The van der Waals surface area contributed by atoms with Gasteiger partial charge in [-0.2, -0.15) is 0 Å². The van der Waals surface area contributed by atoms with Gasteiger partial charge in [0.15, 0.2) is 0 Å². The number of aromatic hydroxyl groups is 1. The Bertz CT molecular complexity index is 454. The standard InChI is InChI=1S/C14H20N2O3S2/c1-2-7-20-21-9-13(18)16-14(19)12(15)8-10-3-5-11(17)6-4-10/h2-6,12-13,17-18H,1,7-9,15H2,(H,16,19)/t12-,13?/m0/s1. The average molecular weight is 328 g/mol. The van der Waals surface area contributed by atoms with Gasteiger partial charge in [0, 0.05) is 11.5 Å². The first-order valence-corrected chi connectivity index (χ1v) is 8.89. The molecule has 0 fully saturated rings. The molecule has 1 rings (SSSR count). The minimum Gasteiger partial charge on any atom is -0.508 e. The Kier molecular flexibility index (Phi) is 8.29. The lowest BCUT2D eigenvalue weighted by molar-refractivity contribution is -0.124. The highest BCUT2D eigenvalue weighted by atomic mass is 33.1. The summed E-state index contributed by atoms with van der Waals surface area (Å²) in [5, 5.41) is 21.3. The lowest BCUT2D eigenvalue weighted by Gasteiger charge is -2.16. The van der Waals surface area contributed by atoms with Gasteiger partial charge in [-0.3, -0.25) is 4.79 Å². The molecule has 0 saturated carbocycles. The number of carbonyl (C=O) groups is 1. The van der Waals surface area contributed by atoms with E-state index < -0.39 is 18.2 Å². The highest BCUT2D eigenvalue weighted by Gasteiger charge is 2.17. The van der Waals surface area contributed by atoms with E-state index in [0.29, 0.717) is 12.2 Å². The van der Waals surface area contributed by atoms with E-state index in [4.69, 9.17) is 5.73 Å². The highest BCUT2D eigenvalue weighted by molar-refractivity contribution is 8.76. The van der Waals surface area contributed by atoms with Crippen LogP contribution in [-0.2, 0) is 11.2 Å². The summed E-state index contributed by atoms with van der Waals surface area (Å²) in [4.78, 5) is 11.8. The summed E-state index contributed by atoms with van der Waals surface area (Å²) in [6.07, 6.45) is 1.19. The largest absolute Gasteiger partial charge is 0.508 e. The maximum absolute atomic E-state index is 11.8. The third-order valence-corrected chi connectivity index (χ3v) is 4.84. The number of aliphatic hydroxyl groups is 1. The van der Waals surface area contributed by atoms with Crippen LogP contribution in [0.25, 0.3) is 0 Å². The zero-order valence-corrected chi connectivity index (χ0v) is 13.2. The molecule has 7 heteroatoms. The number of phenols is 1. The Morgan fingerprint density at radius 2 is 2.05 bits per heavy atom. The van der Waals surface area contributed by atoms with Crippen molar-refractivity contribution in [2.75, 3.05) is 11.5 Å². The van der Waals surface area contributed by atoms with Crippen molar-refractivity contribution >= 4 is 27.5 Å². The van der Waals surface area contributed by atoms with Crippen molar-refractivity contribution in [1.82, 2.24) is 5.32 Å². The molecular weight excluding hydrogens is 308 g/mol. The van der Waals surface area contributed by atoms with Crippen LogP contribution < -0.4 is 11.1 Å². The van der Waals surface area contributed by atoms with Gasteiger partial charge in [0.05, 0.1) is 6.04 Å². The number of hydrogen-bond donors (Lipinski definition) is 4. The van der Waals surface area contributed by atoms with Crippen LogP contribution in [0.1, 0.15) is 5.56 Å². The molecule has 0 radical (unpaired) electrons. The van der Waals surface area contributed by atoms with Gasteiger partial charge in [0.2, 0.25) is 5.91 Å². The first-order valence-electron chi connectivity index (χ1n) is 6.40. The highest BCUT2D eigenvalue weighted by Crippen LogP contribution is 2.21. The number of nitrogens with two attached hydrogens (primary N) is 1. The molecule has 1 amide bonds. The van der Waals surface area contributed by atoms with Crippen LogP contribution in [0.3, 0.4) is 0 Å². The molecule has 0 spiro atoms. The van der Waals surface area contributed by atoms with Crippen molar-refractivity contribution in [2.24, 2.45) is 5.73 Å². The van der Waals surface area contributed by atoms with E-state index in [1.54, 1.807) is 41.1 Å². The second-order valence-corrected chi connectivity index (χ2v) is 6.91. The molecule has 1 unspecified atom stereocenters. The van der Waals surface area contributed by atoms with Crippen LogP contribution in [-0.4, -0.2) is 39.9 Å². The number of nitrogens with one attached hydrogen (secondary N) is 1. The van der Waals surface area contributed by atoms with Crippen LogP contribution in [0.4, 0.5) is 0 Å². The molecule has 0 saturated heterocycles. The van der Waals surface area contributed by atoms with Crippen LogP contribution in [0, 0.1) is 0 Å². The molecule has 0 aliphatic heterocycles. The number of rotatable bonds is 9.